The van der Waals surface area contributed by atoms with E-state index in [1.165, 1.54) is 6.07 Å². The molecular formula is C9H11ClFN. The average molecular weight is 188 g/mol. The fraction of sp³-hybridized carbons (Fsp3) is 0.333. The van der Waals surface area contributed by atoms with Gasteiger partial charge in [0, 0.05) is 20.0 Å². The van der Waals surface area contributed by atoms with Crippen LogP contribution in [0.5, 0.6) is 0 Å². The zero-order valence-electron chi connectivity index (χ0n) is 7.14. The van der Waals surface area contributed by atoms with Crippen molar-refractivity contribution in [2.24, 2.45) is 0 Å². The number of rotatable bonds is 2. The van der Waals surface area contributed by atoms with Crippen molar-refractivity contribution in [1.82, 2.24) is 0 Å². The number of hydrogen-bond donors (Lipinski definition) is 0. The van der Waals surface area contributed by atoms with Gasteiger partial charge in [0.05, 0.1) is 5.69 Å². The molecule has 3 heteroatoms. The van der Waals surface area contributed by atoms with Gasteiger partial charge in [0.25, 0.3) is 0 Å². The molecular weight excluding hydrogens is 177 g/mol. The number of hydrogen-bond acceptors (Lipinski definition) is 1. The zero-order valence-corrected chi connectivity index (χ0v) is 7.90. The van der Waals surface area contributed by atoms with Gasteiger partial charge in [-0.1, -0.05) is 12.1 Å². The molecule has 1 rings (SSSR count). The molecule has 0 unspecified atom stereocenters. The third kappa shape index (κ3) is 1.69. The van der Waals surface area contributed by atoms with Crippen molar-refractivity contribution in [3.05, 3.63) is 29.6 Å². The Labute approximate surface area is 76.8 Å². The number of para-hydroxylation sites is 1. The summed E-state index contributed by atoms with van der Waals surface area (Å²) in [5, 5.41) is 0. The second-order valence-electron chi connectivity index (χ2n) is 2.78. The highest BCUT2D eigenvalue weighted by molar-refractivity contribution is 6.17. The zero-order chi connectivity index (χ0) is 9.14. The van der Waals surface area contributed by atoms with Crippen molar-refractivity contribution < 1.29 is 4.39 Å². The quantitative estimate of drug-likeness (QED) is 0.644. The molecule has 66 valence electrons. The summed E-state index contributed by atoms with van der Waals surface area (Å²) in [6.07, 6.45) is 0. The molecule has 0 aliphatic carbocycles. The van der Waals surface area contributed by atoms with Crippen LogP contribution >= 0.6 is 11.6 Å². The molecule has 0 saturated heterocycles. The van der Waals surface area contributed by atoms with Crippen molar-refractivity contribution in [2.75, 3.05) is 19.0 Å². The van der Waals surface area contributed by atoms with Crippen LogP contribution in [-0.2, 0) is 5.88 Å². The molecule has 1 aromatic rings. The van der Waals surface area contributed by atoms with Crippen molar-refractivity contribution in [3.63, 3.8) is 0 Å². The maximum atomic E-state index is 13.2. The summed E-state index contributed by atoms with van der Waals surface area (Å²) >= 11 is 5.65. The van der Waals surface area contributed by atoms with E-state index in [-0.39, 0.29) is 5.82 Å². The van der Waals surface area contributed by atoms with Crippen LogP contribution in [0.2, 0.25) is 0 Å². The minimum Gasteiger partial charge on any atom is -0.375 e. The van der Waals surface area contributed by atoms with Crippen molar-refractivity contribution in [2.45, 2.75) is 5.88 Å². The Hall–Kier alpha value is -0.760. The van der Waals surface area contributed by atoms with Crippen LogP contribution in [0.25, 0.3) is 0 Å². The summed E-state index contributed by atoms with van der Waals surface area (Å²) in [5.74, 6) is 0.115. The Balaban J connectivity index is 3.20. The van der Waals surface area contributed by atoms with Crippen molar-refractivity contribution in [1.29, 1.82) is 0 Å². The molecule has 1 nitrogen and oxygen atoms in total. The van der Waals surface area contributed by atoms with Gasteiger partial charge in [-0.15, -0.1) is 11.6 Å². The Bertz CT molecular complexity index is 273. The highest BCUT2D eigenvalue weighted by Gasteiger charge is 2.08. The molecule has 0 radical (unpaired) electrons. The highest BCUT2D eigenvalue weighted by Crippen LogP contribution is 2.23. The standard InChI is InChI=1S/C9H11ClFN/c1-12(2)9-7(6-10)4-3-5-8(9)11/h3-5H,6H2,1-2H3. The SMILES string of the molecule is CN(C)c1c(F)cccc1CCl. The summed E-state index contributed by atoms with van der Waals surface area (Å²) in [6, 6.07) is 4.93. The molecule has 0 amide bonds. The van der Waals surface area contributed by atoms with Crippen molar-refractivity contribution >= 4 is 17.3 Å². The number of alkyl halides is 1. The molecule has 1 aromatic carbocycles. The predicted octanol–water partition coefficient (Wildman–Crippen LogP) is 2.63. The van der Waals surface area contributed by atoms with E-state index in [0.717, 1.165) is 5.56 Å². The fourth-order valence-electron chi connectivity index (χ4n) is 1.17. The lowest BCUT2D eigenvalue weighted by Gasteiger charge is -2.16. The first-order valence-corrected chi connectivity index (χ1v) is 4.21. The van der Waals surface area contributed by atoms with Gasteiger partial charge in [-0.2, -0.15) is 0 Å². The Morgan fingerprint density at radius 1 is 1.42 bits per heavy atom. The van der Waals surface area contributed by atoms with E-state index < -0.39 is 0 Å². The van der Waals surface area contributed by atoms with E-state index in [1.54, 1.807) is 25.1 Å². The summed E-state index contributed by atoms with van der Waals surface area (Å²) in [4.78, 5) is 1.73. The largest absolute Gasteiger partial charge is 0.375 e. The van der Waals surface area contributed by atoms with E-state index in [4.69, 9.17) is 11.6 Å². The maximum absolute atomic E-state index is 13.2. The van der Waals surface area contributed by atoms with Gasteiger partial charge in [0.2, 0.25) is 0 Å². The summed E-state index contributed by atoms with van der Waals surface area (Å²) in [7, 11) is 3.60. The summed E-state index contributed by atoms with van der Waals surface area (Å²) in [6.45, 7) is 0. The first kappa shape index (κ1) is 9.33. The molecule has 0 saturated carbocycles. The molecule has 0 spiro atoms. The number of anilines is 1. The summed E-state index contributed by atoms with van der Waals surface area (Å²) in [5.41, 5.74) is 1.40. The second kappa shape index (κ2) is 3.76. The van der Waals surface area contributed by atoms with Crippen LogP contribution < -0.4 is 4.90 Å². The number of nitrogens with zero attached hydrogens (tertiary/aromatic N) is 1. The molecule has 0 N–H and O–H groups in total. The Morgan fingerprint density at radius 2 is 2.08 bits per heavy atom. The highest BCUT2D eigenvalue weighted by atomic mass is 35.5. The molecule has 0 heterocycles. The lowest BCUT2D eigenvalue weighted by Crippen LogP contribution is -2.12. The molecule has 0 fully saturated rings. The van der Waals surface area contributed by atoms with Gasteiger partial charge >= 0.3 is 0 Å². The van der Waals surface area contributed by atoms with Crippen molar-refractivity contribution in [3.8, 4) is 0 Å². The van der Waals surface area contributed by atoms with E-state index >= 15 is 0 Å². The normalized spacial score (nSPS) is 10.0. The van der Waals surface area contributed by atoms with Gasteiger partial charge in [0.15, 0.2) is 0 Å². The monoisotopic (exact) mass is 187 g/mol. The van der Waals surface area contributed by atoms with Gasteiger partial charge in [-0.05, 0) is 11.6 Å². The average Bonchev–Trinajstić information content (AvgIpc) is 2.03. The Morgan fingerprint density at radius 3 is 2.50 bits per heavy atom. The summed E-state index contributed by atoms with van der Waals surface area (Å²) < 4.78 is 13.2. The third-order valence-corrected chi connectivity index (χ3v) is 1.95. The molecule has 0 aromatic heterocycles. The molecule has 0 bridgehead atoms. The van der Waals surface area contributed by atoms with Crippen LogP contribution in [0, 0.1) is 5.82 Å². The van der Waals surface area contributed by atoms with Crippen LogP contribution in [-0.4, -0.2) is 14.1 Å². The number of halogens is 2. The van der Waals surface area contributed by atoms with Crippen LogP contribution in [0.4, 0.5) is 10.1 Å². The van der Waals surface area contributed by atoms with Crippen LogP contribution in [0.1, 0.15) is 5.56 Å². The van der Waals surface area contributed by atoms with E-state index in [2.05, 4.69) is 0 Å². The smallest absolute Gasteiger partial charge is 0.146 e. The van der Waals surface area contributed by atoms with Gasteiger partial charge in [0.1, 0.15) is 5.82 Å². The topological polar surface area (TPSA) is 3.24 Å². The van der Waals surface area contributed by atoms with Gasteiger partial charge < -0.3 is 4.90 Å². The third-order valence-electron chi connectivity index (χ3n) is 1.66. The van der Waals surface area contributed by atoms with Crippen LogP contribution in [0.15, 0.2) is 18.2 Å². The molecule has 0 aliphatic heterocycles. The van der Waals surface area contributed by atoms with Crippen LogP contribution in [0.3, 0.4) is 0 Å². The predicted molar refractivity (Wildman–Crippen MR) is 50.3 cm³/mol. The number of benzene rings is 1. The van der Waals surface area contributed by atoms with Gasteiger partial charge in [-0.25, -0.2) is 4.39 Å². The lowest BCUT2D eigenvalue weighted by atomic mass is 10.2. The lowest BCUT2D eigenvalue weighted by molar-refractivity contribution is 0.624. The van der Waals surface area contributed by atoms with E-state index in [1.807, 2.05) is 6.07 Å². The minimum absolute atomic E-state index is 0.224. The molecule has 12 heavy (non-hydrogen) atoms. The molecule has 0 aliphatic rings. The fourth-order valence-corrected chi connectivity index (χ4v) is 1.38. The maximum Gasteiger partial charge on any atom is 0.146 e. The van der Waals surface area contributed by atoms with E-state index in [0.29, 0.717) is 11.6 Å². The minimum atomic E-state index is -0.224. The molecule has 0 atom stereocenters. The van der Waals surface area contributed by atoms with Gasteiger partial charge in [-0.3, -0.25) is 0 Å². The van der Waals surface area contributed by atoms with E-state index in [9.17, 15) is 4.39 Å². The first-order chi connectivity index (χ1) is 5.66. The Kier molecular flexibility index (Phi) is 2.93. The first-order valence-electron chi connectivity index (χ1n) is 3.67. The second-order valence-corrected chi connectivity index (χ2v) is 3.04.